The lowest BCUT2D eigenvalue weighted by Gasteiger charge is -2.45. The van der Waals surface area contributed by atoms with E-state index in [1.165, 1.54) is 12.1 Å². The fourth-order valence-corrected chi connectivity index (χ4v) is 6.51. The zero-order valence-corrected chi connectivity index (χ0v) is 22.7. The summed E-state index contributed by atoms with van der Waals surface area (Å²) in [5.74, 6) is -1.32. The Morgan fingerprint density at radius 3 is 2.32 bits per heavy atom. The standard InChI is InChI=1S/C30H34F3N3O5/c31-30(32,33)41-26(23-11-5-2-6-12-23)36-28(40)35(20-21-8-3-1-4-9-21)27(39)29(36)14-16-34(17-15-29)24-13-7-10-22(18-24)19-25(37)38/h2,5-7,10-13,18,21,26H,1,3-4,8-9,14-17,19-20H2,(H,37,38). The first-order valence-electron chi connectivity index (χ1n) is 14.1. The number of carbonyl (C=O) groups excluding carboxylic acids is 2. The third-order valence-corrected chi connectivity index (χ3v) is 8.49. The predicted octanol–water partition coefficient (Wildman–Crippen LogP) is 5.73. The molecule has 8 nitrogen and oxygen atoms in total. The summed E-state index contributed by atoms with van der Waals surface area (Å²) in [6.45, 7) is 0.762. The molecule has 41 heavy (non-hydrogen) atoms. The average molecular weight is 574 g/mol. The molecule has 2 heterocycles. The van der Waals surface area contributed by atoms with Gasteiger partial charge < -0.3 is 10.0 Å². The molecule has 1 saturated carbocycles. The molecule has 1 atom stereocenters. The molecule has 1 N–H and O–H groups in total. The van der Waals surface area contributed by atoms with Crippen LogP contribution in [0.4, 0.5) is 23.7 Å². The van der Waals surface area contributed by atoms with Crippen LogP contribution in [0.15, 0.2) is 54.6 Å². The van der Waals surface area contributed by atoms with Gasteiger partial charge in [0, 0.05) is 30.9 Å². The molecule has 1 aliphatic carbocycles. The van der Waals surface area contributed by atoms with Crippen LogP contribution >= 0.6 is 0 Å². The van der Waals surface area contributed by atoms with Crippen molar-refractivity contribution in [3.63, 3.8) is 0 Å². The number of imide groups is 1. The second kappa shape index (κ2) is 11.7. The van der Waals surface area contributed by atoms with Crippen LogP contribution in [0.25, 0.3) is 0 Å². The smallest absolute Gasteiger partial charge is 0.481 e. The van der Waals surface area contributed by atoms with Crippen molar-refractivity contribution in [2.45, 2.75) is 69.5 Å². The van der Waals surface area contributed by atoms with Crippen LogP contribution < -0.4 is 4.90 Å². The number of ether oxygens (including phenoxy) is 1. The van der Waals surface area contributed by atoms with Gasteiger partial charge in [-0.25, -0.2) is 4.79 Å². The number of carbonyl (C=O) groups is 3. The lowest BCUT2D eigenvalue weighted by Crippen LogP contribution is -2.58. The maximum atomic E-state index is 14.1. The molecular weight excluding hydrogens is 539 g/mol. The van der Waals surface area contributed by atoms with Gasteiger partial charge in [-0.3, -0.25) is 24.1 Å². The highest BCUT2D eigenvalue weighted by Gasteiger charge is 2.61. The number of nitrogens with zero attached hydrogens (tertiary/aromatic N) is 3. The van der Waals surface area contributed by atoms with Gasteiger partial charge in [-0.15, -0.1) is 13.2 Å². The molecule has 0 radical (unpaired) electrons. The lowest BCUT2D eigenvalue weighted by atomic mass is 9.84. The zero-order valence-electron chi connectivity index (χ0n) is 22.7. The van der Waals surface area contributed by atoms with Crippen LogP contribution in [-0.2, 0) is 20.7 Å². The number of aliphatic carboxylic acids is 1. The van der Waals surface area contributed by atoms with Crippen LogP contribution in [0.1, 0.15) is 62.3 Å². The first-order valence-corrected chi connectivity index (χ1v) is 14.1. The van der Waals surface area contributed by atoms with Gasteiger partial charge in [-0.1, -0.05) is 61.7 Å². The molecule has 11 heteroatoms. The van der Waals surface area contributed by atoms with Gasteiger partial charge in [0.2, 0.25) is 0 Å². The number of hydrogen-bond donors (Lipinski definition) is 1. The summed E-state index contributed by atoms with van der Waals surface area (Å²) in [5.41, 5.74) is -0.00151. The number of rotatable bonds is 8. The Labute approximate surface area is 236 Å². The van der Waals surface area contributed by atoms with Crippen LogP contribution in [0.3, 0.4) is 0 Å². The van der Waals surface area contributed by atoms with E-state index in [-0.39, 0.29) is 50.4 Å². The monoisotopic (exact) mass is 573 g/mol. The molecule has 5 rings (SSSR count). The van der Waals surface area contributed by atoms with Crippen LogP contribution in [0.2, 0.25) is 0 Å². The SMILES string of the molecule is O=C(O)Cc1cccc(N2CCC3(CC2)C(=O)N(CC2CCCCC2)C(=O)N3C(OC(F)(F)F)c2ccccc2)c1. The molecule has 2 aromatic rings. The van der Waals surface area contributed by atoms with Crippen molar-refractivity contribution >= 4 is 23.6 Å². The number of anilines is 1. The molecule has 0 bridgehead atoms. The summed E-state index contributed by atoms with van der Waals surface area (Å²) >= 11 is 0. The number of alkyl halides is 3. The number of amides is 3. The highest BCUT2D eigenvalue weighted by Crippen LogP contribution is 2.46. The normalized spacial score (nSPS) is 20.6. The number of carboxylic acids is 1. The molecule has 1 spiro atoms. The predicted molar refractivity (Wildman–Crippen MR) is 144 cm³/mol. The van der Waals surface area contributed by atoms with E-state index in [4.69, 9.17) is 0 Å². The van der Waals surface area contributed by atoms with Gasteiger partial charge in [-0.2, -0.15) is 0 Å². The quantitative estimate of drug-likeness (QED) is 0.406. The first kappa shape index (κ1) is 28.9. The Kier molecular flexibility index (Phi) is 8.26. The van der Waals surface area contributed by atoms with Crippen molar-refractivity contribution in [2.75, 3.05) is 24.5 Å². The third-order valence-electron chi connectivity index (χ3n) is 8.49. The lowest BCUT2D eigenvalue weighted by molar-refractivity contribution is -0.362. The van der Waals surface area contributed by atoms with Crippen molar-refractivity contribution in [1.82, 2.24) is 9.80 Å². The topological polar surface area (TPSA) is 90.4 Å². The Balaban J connectivity index is 1.48. The molecule has 2 aliphatic heterocycles. The summed E-state index contributed by atoms with van der Waals surface area (Å²) in [6, 6.07) is 14.0. The van der Waals surface area contributed by atoms with Gasteiger partial charge >= 0.3 is 18.4 Å². The van der Waals surface area contributed by atoms with Crippen molar-refractivity contribution in [2.24, 2.45) is 5.92 Å². The van der Waals surface area contributed by atoms with E-state index in [2.05, 4.69) is 4.74 Å². The summed E-state index contributed by atoms with van der Waals surface area (Å²) in [4.78, 5) is 43.5. The number of carboxylic acid groups (broad SMARTS) is 1. The van der Waals surface area contributed by atoms with E-state index in [0.29, 0.717) is 5.56 Å². The third kappa shape index (κ3) is 6.19. The summed E-state index contributed by atoms with van der Waals surface area (Å²) in [5, 5.41) is 9.17. The van der Waals surface area contributed by atoms with E-state index >= 15 is 0 Å². The summed E-state index contributed by atoms with van der Waals surface area (Å²) in [7, 11) is 0. The number of urea groups is 1. The molecular formula is C30H34F3N3O5. The Morgan fingerprint density at radius 1 is 1.00 bits per heavy atom. The Bertz CT molecular complexity index is 1260. The molecule has 3 aliphatic rings. The zero-order chi connectivity index (χ0) is 29.2. The molecule has 3 fully saturated rings. The van der Waals surface area contributed by atoms with Crippen LogP contribution in [0, 0.1) is 5.92 Å². The fourth-order valence-electron chi connectivity index (χ4n) is 6.51. The summed E-state index contributed by atoms with van der Waals surface area (Å²) in [6.07, 6.45) is -1.99. The van der Waals surface area contributed by atoms with Gasteiger partial charge in [-0.05, 0) is 49.3 Å². The van der Waals surface area contributed by atoms with Gasteiger partial charge in [0.1, 0.15) is 5.54 Å². The van der Waals surface area contributed by atoms with Crippen LogP contribution in [-0.4, -0.2) is 64.3 Å². The summed E-state index contributed by atoms with van der Waals surface area (Å²) < 4.78 is 46.0. The first-order chi connectivity index (χ1) is 19.6. The molecule has 0 aromatic heterocycles. The minimum absolute atomic E-state index is 0.104. The van der Waals surface area contributed by atoms with E-state index in [9.17, 15) is 32.7 Å². The van der Waals surface area contributed by atoms with Crippen LogP contribution in [0.5, 0.6) is 0 Å². The van der Waals surface area contributed by atoms with Gasteiger partial charge in [0.15, 0.2) is 6.23 Å². The maximum absolute atomic E-state index is 14.1. The molecule has 1 unspecified atom stereocenters. The van der Waals surface area contributed by atoms with Gasteiger partial charge in [0.05, 0.1) is 6.42 Å². The van der Waals surface area contributed by atoms with E-state index in [1.54, 1.807) is 36.4 Å². The molecule has 3 amide bonds. The molecule has 2 aromatic carbocycles. The Morgan fingerprint density at radius 2 is 1.68 bits per heavy atom. The Hall–Kier alpha value is -3.60. The second-order valence-electron chi connectivity index (χ2n) is 11.2. The van der Waals surface area contributed by atoms with E-state index in [1.807, 2.05) is 11.0 Å². The van der Waals surface area contributed by atoms with Crippen molar-refractivity contribution in [1.29, 1.82) is 0 Å². The van der Waals surface area contributed by atoms with E-state index < -0.39 is 36.0 Å². The highest BCUT2D eigenvalue weighted by molar-refractivity contribution is 6.07. The molecule has 220 valence electrons. The second-order valence-corrected chi connectivity index (χ2v) is 11.2. The number of hydrogen-bond acceptors (Lipinski definition) is 5. The van der Waals surface area contributed by atoms with Gasteiger partial charge in [0.25, 0.3) is 5.91 Å². The highest BCUT2D eigenvalue weighted by atomic mass is 19.4. The average Bonchev–Trinajstić information content (AvgIpc) is 3.13. The maximum Gasteiger partial charge on any atom is 0.524 e. The fraction of sp³-hybridized carbons (Fsp3) is 0.500. The van der Waals surface area contributed by atoms with Crippen molar-refractivity contribution < 1.29 is 37.4 Å². The number of piperidine rings is 1. The van der Waals surface area contributed by atoms with Crippen molar-refractivity contribution in [3.05, 3.63) is 65.7 Å². The number of benzene rings is 2. The minimum Gasteiger partial charge on any atom is -0.481 e. The van der Waals surface area contributed by atoms with Crippen molar-refractivity contribution in [3.8, 4) is 0 Å². The largest absolute Gasteiger partial charge is 0.524 e. The molecule has 2 saturated heterocycles. The minimum atomic E-state index is -5.05. The van der Waals surface area contributed by atoms with E-state index in [0.717, 1.165) is 47.6 Å². The number of halogens is 3.